The summed E-state index contributed by atoms with van der Waals surface area (Å²) in [6.45, 7) is 0. The van der Waals surface area contributed by atoms with Crippen LogP contribution in [0.5, 0.6) is 0 Å². The third kappa shape index (κ3) is 1.24. The van der Waals surface area contributed by atoms with Crippen molar-refractivity contribution < 1.29 is 9.18 Å². The third-order valence-corrected chi connectivity index (χ3v) is 1.15. The van der Waals surface area contributed by atoms with Crippen LogP contribution in [-0.4, -0.2) is 14.1 Å². The van der Waals surface area contributed by atoms with Crippen LogP contribution in [0.2, 0.25) is 0 Å². The highest BCUT2D eigenvalue weighted by atomic mass is 19.1. The fraction of sp³-hybridized carbons (Fsp3) is 0. The van der Waals surface area contributed by atoms with E-state index in [-0.39, 0.29) is 5.56 Å². The van der Waals surface area contributed by atoms with Crippen molar-refractivity contribution in [1.82, 2.24) is 0 Å². The summed E-state index contributed by atoms with van der Waals surface area (Å²) in [6, 6.07) is 3.86. The number of halogens is 1. The van der Waals surface area contributed by atoms with E-state index in [4.69, 9.17) is 7.85 Å². The molecule has 0 N–H and O–H groups in total. The topological polar surface area (TPSA) is 17.1 Å². The van der Waals surface area contributed by atoms with Gasteiger partial charge in [0.15, 0.2) is 6.29 Å². The Kier molecular flexibility index (Phi) is 1.85. The number of rotatable bonds is 1. The van der Waals surface area contributed by atoms with E-state index in [0.29, 0.717) is 11.7 Å². The highest BCUT2D eigenvalue weighted by molar-refractivity contribution is 6.32. The van der Waals surface area contributed by atoms with Crippen molar-refractivity contribution in [2.45, 2.75) is 0 Å². The summed E-state index contributed by atoms with van der Waals surface area (Å²) in [5, 5.41) is 0. The molecule has 0 spiro atoms. The zero-order valence-corrected chi connectivity index (χ0v) is 5.17. The summed E-state index contributed by atoms with van der Waals surface area (Å²) < 4.78 is 12.5. The Labute approximate surface area is 59.3 Å². The van der Waals surface area contributed by atoms with Crippen LogP contribution in [0, 0.1) is 5.82 Å². The molecule has 0 saturated carbocycles. The van der Waals surface area contributed by atoms with Crippen molar-refractivity contribution >= 4 is 19.6 Å². The molecule has 1 nitrogen and oxygen atoms in total. The second kappa shape index (κ2) is 2.65. The van der Waals surface area contributed by atoms with E-state index in [1.54, 1.807) is 0 Å². The van der Waals surface area contributed by atoms with Crippen molar-refractivity contribution in [1.29, 1.82) is 0 Å². The minimum Gasteiger partial charge on any atom is -0.298 e. The quantitative estimate of drug-likeness (QED) is 0.402. The summed E-state index contributed by atoms with van der Waals surface area (Å²) >= 11 is 0. The van der Waals surface area contributed by atoms with E-state index in [1.165, 1.54) is 18.2 Å². The summed E-state index contributed by atoms with van der Waals surface area (Å²) in [5.74, 6) is -0.538. The van der Waals surface area contributed by atoms with Crippen LogP contribution in [0.4, 0.5) is 4.39 Å². The molecule has 0 bridgehead atoms. The van der Waals surface area contributed by atoms with E-state index < -0.39 is 5.82 Å². The standard InChI is InChI=1S/C7H4BFO/c8-6-1-2-7(9)5(3-6)4-10/h1-4H. The first kappa shape index (κ1) is 7.00. The predicted octanol–water partition coefficient (Wildman–Crippen LogP) is 0.432. The zero-order chi connectivity index (χ0) is 7.56. The first-order valence-electron chi connectivity index (χ1n) is 2.74. The second-order valence-corrected chi connectivity index (χ2v) is 1.90. The first-order chi connectivity index (χ1) is 4.74. The molecule has 1 rings (SSSR count). The van der Waals surface area contributed by atoms with Gasteiger partial charge in [-0.15, -0.1) is 0 Å². The lowest BCUT2D eigenvalue weighted by atomic mass is 9.94. The molecule has 1 aromatic rings. The van der Waals surface area contributed by atoms with Crippen LogP contribution in [0.3, 0.4) is 0 Å². The third-order valence-electron chi connectivity index (χ3n) is 1.15. The van der Waals surface area contributed by atoms with Gasteiger partial charge in [0.05, 0.1) is 0 Å². The van der Waals surface area contributed by atoms with Crippen LogP contribution < -0.4 is 5.46 Å². The second-order valence-electron chi connectivity index (χ2n) is 1.90. The van der Waals surface area contributed by atoms with Crippen LogP contribution in [-0.2, 0) is 0 Å². The number of hydrogen-bond donors (Lipinski definition) is 0. The van der Waals surface area contributed by atoms with Gasteiger partial charge in [0, 0.05) is 5.56 Å². The molecule has 0 aliphatic carbocycles. The maximum atomic E-state index is 12.5. The minimum atomic E-state index is -0.538. The van der Waals surface area contributed by atoms with Gasteiger partial charge in [-0.2, -0.15) is 0 Å². The minimum absolute atomic E-state index is 0.000000000000000222. The van der Waals surface area contributed by atoms with E-state index >= 15 is 0 Å². The molecular weight excluding hydrogens is 130 g/mol. The normalized spacial score (nSPS) is 9.30. The molecule has 48 valence electrons. The molecule has 0 aliphatic rings. The molecule has 10 heavy (non-hydrogen) atoms. The van der Waals surface area contributed by atoms with Gasteiger partial charge in [-0.25, -0.2) is 4.39 Å². The van der Waals surface area contributed by atoms with Crippen molar-refractivity contribution in [2.75, 3.05) is 0 Å². The Morgan fingerprint density at radius 2 is 2.20 bits per heavy atom. The van der Waals surface area contributed by atoms with Gasteiger partial charge < -0.3 is 0 Å². The molecule has 0 aliphatic heterocycles. The molecule has 1 aromatic carbocycles. The Hall–Kier alpha value is -1.12. The van der Waals surface area contributed by atoms with Gasteiger partial charge in [0.2, 0.25) is 0 Å². The molecule has 0 aromatic heterocycles. The van der Waals surface area contributed by atoms with E-state index in [1.807, 2.05) is 0 Å². The maximum Gasteiger partial charge on any atom is 0.152 e. The number of carbonyl (C=O) groups excluding carboxylic acids is 1. The lowest BCUT2D eigenvalue weighted by Crippen LogP contribution is -2.04. The largest absolute Gasteiger partial charge is 0.298 e. The highest BCUT2D eigenvalue weighted by Gasteiger charge is 1.97. The molecule has 0 fully saturated rings. The smallest absolute Gasteiger partial charge is 0.152 e. The van der Waals surface area contributed by atoms with Gasteiger partial charge in [0.25, 0.3) is 0 Å². The molecular formula is C7H4BFO. The zero-order valence-electron chi connectivity index (χ0n) is 5.17. The Morgan fingerprint density at radius 1 is 1.50 bits per heavy atom. The molecule has 2 radical (unpaired) electrons. The molecule has 0 heterocycles. The van der Waals surface area contributed by atoms with Gasteiger partial charge in [0.1, 0.15) is 13.7 Å². The lowest BCUT2D eigenvalue weighted by Gasteiger charge is -1.94. The molecule has 0 amide bonds. The van der Waals surface area contributed by atoms with Crippen LogP contribution in [0.15, 0.2) is 18.2 Å². The Balaban J connectivity index is 3.21. The summed E-state index contributed by atoms with van der Waals surface area (Å²) in [7, 11) is 5.28. The highest BCUT2D eigenvalue weighted by Crippen LogP contribution is 1.99. The molecule has 0 unspecified atom stereocenters. The monoisotopic (exact) mass is 134 g/mol. The lowest BCUT2D eigenvalue weighted by molar-refractivity contribution is 0.112. The van der Waals surface area contributed by atoms with Crippen molar-refractivity contribution in [2.24, 2.45) is 0 Å². The van der Waals surface area contributed by atoms with E-state index in [9.17, 15) is 9.18 Å². The van der Waals surface area contributed by atoms with Crippen LogP contribution >= 0.6 is 0 Å². The summed E-state index contributed by atoms with van der Waals surface area (Å²) in [5.41, 5.74) is 0.392. The maximum absolute atomic E-state index is 12.5. The number of hydrogen-bond acceptors (Lipinski definition) is 1. The molecule has 0 atom stereocenters. The van der Waals surface area contributed by atoms with Crippen LogP contribution in [0.1, 0.15) is 10.4 Å². The van der Waals surface area contributed by atoms with Crippen molar-refractivity contribution in [3.63, 3.8) is 0 Å². The summed E-state index contributed by atoms with van der Waals surface area (Å²) in [4.78, 5) is 10.1. The van der Waals surface area contributed by atoms with Crippen LogP contribution in [0.25, 0.3) is 0 Å². The Morgan fingerprint density at radius 3 is 2.70 bits per heavy atom. The van der Waals surface area contributed by atoms with Gasteiger partial charge in [-0.3, -0.25) is 4.79 Å². The van der Waals surface area contributed by atoms with Crippen molar-refractivity contribution in [3.8, 4) is 0 Å². The summed E-state index contributed by atoms with van der Waals surface area (Å²) in [6.07, 6.45) is 0.436. The fourth-order valence-electron chi connectivity index (χ4n) is 0.653. The predicted molar refractivity (Wildman–Crippen MR) is 37.2 cm³/mol. The van der Waals surface area contributed by atoms with E-state index in [0.717, 1.165) is 0 Å². The van der Waals surface area contributed by atoms with Crippen molar-refractivity contribution in [3.05, 3.63) is 29.6 Å². The number of benzene rings is 1. The first-order valence-corrected chi connectivity index (χ1v) is 2.74. The fourth-order valence-corrected chi connectivity index (χ4v) is 0.653. The molecule has 3 heteroatoms. The molecule has 0 saturated heterocycles. The number of aldehydes is 1. The average Bonchev–Trinajstić information content (AvgIpc) is 1.94. The van der Waals surface area contributed by atoms with Gasteiger partial charge in [-0.05, 0) is 6.07 Å². The average molecular weight is 134 g/mol. The Bertz CT molecular complexity index is 260. The number of carbonyl (C=O) groups is 1. The van der Waals surface area contributed by atoms with Gasteiger partial charge >= 0.3 is 0 Å². The van der Waals surface area contributed by atoms with Gasteiger partial charge in [-0.1, -0.05) is 17.6 Å². The SMILES string of the molecule is [B]c1ccc(F)c(C=O)c1. The van der Waals surface area contributed by atoms with E-state index in [2.05, 4.69) is 0 Å².